The molecular formula is C16H22N4O3. The second kappa shape index (κ2) is 6.93. The first-order valence-electron chi connectivity index (χ1n) is 8.23. The van der Waals surface area contributed by atoms with Gasteiger partial charge in [0.15, 0.2) is 5.69 Å². The quantitative estimate of drug-likeness (QED) is 0.913. The highest BCUT2D eigenvalue weighted by atomic mass is 16.6. The van der Waals surface area contributed by atoms with Crippen LogP contribution in [0.25, 0.3) is 0 Å². The summed E-state index contributed by atoms with van der Waals surface area (Å²) in [6.45, 7) is 3.36. The van der Waals surface area contributed by atoms with Crippen molar-refractivity contribution in [3.05, 3.63) is 23.5 Å². The molecule has 2 fully saturated rings. The Morgan fingerprint density at radius 2 is 1.96 bits per heavy atom. The summed E-state index contributed by atoms with van der Waals surface area (Å²) >= 11 is 0. The van der Waals surface area contributed by atoms with E-state index >= 15 is 0 Å². The Balaban J connectivity index is 1.48. The van der Waals surface area contributed by atoms with Crippen LogP contribution in [0.4, 0.5) is 4.79 Å². The highest BCUT2D eigenvalue weighted by molar-refractivity contribution is 5.92. The molecule has 2 aliphatic rings. The van der Waals surface area contributed by atoms with Crippen molar-refractivity contribution in [1.82, 2.24) is 20.4 Å². The number of likely N-dealkylation sites (tertiary alicyclic amines) is 1. The molecule has 0 radical (unpaired) electrons. The third-order valence-electron chi connectivity index (χ3n) is 4.27. The normalized spacial score (nSPS) is 18.6. The largest absolute Gasteiger partial charge is 0.450 e. The van der Waals surface area contributed by atoms with Crippen LogP contribution >= 0.6 is 0 Å². The number of hydrogen-bond acceptors (Lipinski definition) is 5. The molecule has 0 bridgehead atoms. The lowest BCUT2D eigenvalue weighted by Gasteiger charge is -2.31. The lowest BCUT2D eigenvalue weighted by Crippen LogP contribution is -2.46. The van der Waals surface area contributed by atoms with Crippen molar-refractivity contribution in [2.75, 3.05) is 19.7 Å². The minimum Gasteiger partial charge on any atom is -0.450 e. The lowest BCUT2D eigenvalue weighted by atomic mass is 10.1. The first kappa shape index (κ1) is 15.7. The van der Waals surface area contributed by atoms with Gasteiger partial charge in [-0.15, -0.1) is 5.10 Å². The molecule has 23 heavy (non-hydrogen) atoms. The van der Waals surface area contributed by atoms with Gasteiger partial charge in [-0.05, 0) is 44.7 Å². The van der Waals surface area contributed by atoms with Crippen LogP contribution < -0.4 is 5.32 Å². The van der Waals surface area contributed by atoms with Crippen LogP contribution in [0.3, 0.4) is 0 Å². The Kier molecular flexibility index (Phi) is 4.73. The number of ether oxygens (including phenoxy) is 1. The van der Waals surface area contributed by atoms with E-state index in [0.717, 1.165) is 18.5 Å². The molecule has 1 aromatic heterocycles. The van der Waals surface area contributed by atoms with Gasteiger partial charge in [0.1, 0.15) is 0 Å². The molecule has 7 nitrogen and oxygen atoms in total. The van der Waals surface area contributed by atoms with Gasteiger partial charge >= 0.3 is 6.09 Å². The van der Waals surface area contributed by atoms with Crippen molar-refractivity contribution in [3.63, 3.8) is 0 Å². The minimum absolute atomic E-state index is 0.0538. The summed E-state index contributed by atoms with van der Waals surface area (Å²) in [5.74, 6) is 0.334. The zero-order chi connectivity index (χ0) is 16.2. The maximum absolute atomic E-state index is 12.2. The molecule has 2 amide bonds. The van der Waals surface area contributed by atoms with Gasteiger partial charge in [-0.2, -0.15) is 5.10 Å². The van der Waals surface area contributed by atoms with Gasteiger partial charge in [-0.25, -0.2) is 4.79 Å². The van der Waals surface area contributed by atoms with Crippen molar-refractivity contribution in [2.24, 2.45) is 0 Å². The average Bonchev–Trinajstić information content (AvgIpc) is 3.41. The monoisotopic (exact) mass is 318 g/mol. The number of rotatable bonds is 4. The van der Waals surface area contributed by atoms with E-state index in [1.807, 2.05) is 6.07 Å². The molecule has 0 aromatic carbocycles. The molecule has 1 aliphatic heterocycles. The Hall–Kier alpha value is -2.18. The van der Waals surface area contributed by atoms with Gasteiger partial charge in [-0.3, -0.25) is 4.79 Å². The second-order valence-corrected chi connectivity index (χ2v) is 6.05. The number of nitrogens with zero attached hydrogens (tertiary/aromatic N) is 3. The van der Waals surface area contributed by atoms with Gasteiger partial charge in [0.25, 0.3) is 5.91 Å². The first-order valence-corrected chi connectivity index (χ1v) is 8.23. The molecule has 0 atom stereocenters. The summed E-state index contributed by atoms with van der Waals surface area (Å²) in [5, 5.41) is 11.1. The Labute approximate surface area is 135 Å². The summed E-state index contributed by atoms with van der Waals surface area (Å²) in [5.41, 5.74) is 1.33. The maximum Gasteiger partial charge on any atom is 0.409 e. The fourth-order valence-electron chi connectivity index (χ4n) is 2.74. The highest BCUT2D eigenvalue weighted by Gasteiger charge is 2.27. The second-order valence-electron chi connectivity index (χ2n) is 6.05. The molecule has 7 heteroatoms. The van der Waals surface area contributed by atoms with Gasteiger partial charge in [-0.1, -0.05) is 0 Å². The van der Waals surface area contributed by atoms with E-state index in [4.69, 9.17) is 4.74 Å². The smallest absolute Gasteiger partial charge is 0.409 e. The van der Waals surface area contributed by atoms with E-state index in [1.54, 1.807) is 17.9 Å². The number of carbonyl (C=O) groups excluding carboxylic acids is 2. The molecule has 0 unspecified atom stereocenters. The average molecular weight is 318 g/mol. The van der Waals surface area contributed by atoms with E-state index in [-0.39, 0.29) is 18.0 Å². The molecule has 1 saturated heterocycles. The zero-order valence-corrected chi connectivity index (χ0v) is 13.3. The van der Waals surface area contributed by atoms with E-state index in [0.29, 0.717) is 31.3 Å². The molecule has 1 aliphatic carbocycles. The predicted octanol–water partition coefficient (Wildman–Crippen LogP) is 1.70. The topological polar surface area (TPSA) is 84.4 Å². The van der Waals surface area contributed by atoms with Crippen LogP contribution in [0.15, 0.2) is 12.1 Å². The SMILES string of the molecule is CCOC(=O)N1CCC(NC(=O)c2ccc(C3CC3)nn2)CC1. The fourth-order valence-corrected chi connectivity index (χ4v) is 2.74. The molecule has 2 heterocycles. The molecule has 1 saturated carbocycles. The molecule has 1 aromatic rings. The van der Waals surface area contributed by atoms with Crippen molar-refractivity contribution < 1.29 is 14.3 Å². The standard InChI is InChI=1S/C16H22N4O3/c1-2-23-16(22)20-9-7-12(8-10-20)17-15(21)14-6-5-13(18-19-14)11-3-4-11/h5-6,11-12H,2-4,7-10H2,1H3,(H,17,21). The van der Waals surface area contributed by atoms with Crippen molar-refractivity contribution in [1.29, 1.82) is 0 Å². The highest BCUT2D eigenvalue weighted by Crippen LogP contribution is 2.38. The number of carbonyl (C=O) groups is 2. The number of piperidine rings is 1. The van der Waals surface area contributed by atoms with Crippen molar-refractivity contribution >= 4 is 12.0 Å². The van der Waals surface area contributed by atoms with Crippen LogP contribution in [0.5, 0.6) is 0 Å². The number of amides is 2. The van der Waals surface area contributed by atoms with Gasteiger partial charge in [0.2, 0.25) is 0 Å². The molecule has 0 spiro atoms. The Morgan fingerprint density at radius 1 is 1.22 bits per heavy atom. The van der Waals surface area contributed by atoms with Crippen LogP contribution in [-0.4, -0.2) is 52.8 Å². The third kappa shape index (κ3) is 3.97. The lowest BCUT2D eigenvalue weighted by molar-refractivity contribution is 0.0856. The zero-order valence-electron chi connectivity index (χ0n) is 13.3. The Morgan fingerprint density at radius 3 is 2.52 bits per heavy atom. The summed E-state index contributed by atoms with van der Waals surface area (Å²) in [6, 6.07) is 3.69. The van der Waals surface area contributed by atoms with Gasteiger partial charge in [0.05, 0.1) is 12.3 Å². The summed E-state index contributed by atoms with van der Waals surface area (Å²) in [4.78, 5) is 25.5. The van der Waals surface area contributed by atoms with E-state index in [2.05, 4.69) is 15.5 Å². The minimum atomic E-state index is -0.279. The first-order chi connectivity index (χ1) is 11.2. The van der Waals surface area contributed by atoms with Crippen molar-refractivity contribution in [2.45, 2.75) is 44.6 Å². The van der Waals surface area contributed by atoms with Crippen LogP contribution in [0, 0.1) is 0 Å². The molecular weight excluding hydrogens is 296 g/mol. The van der Waals surface area contributed by atoms with Gasteiger partial charge < -0.3 is 15.0 Å². The molecule has 1 N–H and O–H groups in total. The maximum atomic E-state index is 12.2. The third-order valence-corrected chi connectivity index (χ3v) is 4.27. The number of aromatic nitrogens is 2. The Bertz CT molecular complexity index is 563. The number of hydrogen-bond donors (Lipinski definition) is 1. The van der Waals surface area contributed by atoms with Crippen LogP contribution in [0.1, 0.15) is 54.7 Å². The van der Waals surface area contributed by atoms with E-state index < -0.39 is 0 Å². The molecule has 3 rings (SSSR count). The predicted molar refractivity (Wildman–Crippen MR) is 83.1 cm³/mol. The van der Waals surface area contributed by atoms with E-state index in [1.165, 1.54) is 12.8 Å². The van der Waals surface area contributed by atoms with E-state index in [9.17, 15) is 9.59 Å². The summed E-state index contributed by atoms with van der Waals surface area (Å²) < 4.78 is 4.98. The molecule has 124 valence electrons. The summed E-state index contributed by atoms with van der Waals surface area (Å²) in [7, 11) is 0. The van der Waals surface area contributed by atoms with Gasteiger partial charge in [0, 0.05) is 25.0 Å². The summed E-state index contributed by atoms with van der Waals surface area (Å²) in [6.07, 6.45) is 3.49. The van der Waals surface area contributed by atoms with Crippen LogP contribution in [0.2, 0.25) is 0 Å². The van der Waals surface area contributed by atoms with Crippen molar-refractivity contribution in [3.8, 4) is 0 Å². The fraction of sp³-hybridized carbons (Fsp3) is 0.625. The van der Waals surface area contributed by atoms with Crippen LogP contribution in [-0.2, 0) is 4.74 Å². The number of nitrogens with one attached hydrogen (secondary N) is 1.